The van der Waals surface area contributed by atoms with E-state index >= 15 is 0 Å². The summed E-state index contributed by atoms with van der Waals surface area (Å²) in [6.07, 6.45) is 2.28. The lowest BCUT2D eigenvalue weighted by molar-refractivity contribution is 0.0102. The van der Waals surface area contributed by atoms with E-state index in [1.807, 2.05) is 13.0 Å². The molecule has 0 unspecified atom stereocenters. The summed E-state index contributed by atoms with van der Waals surface area (Å²) in [6, 6.07) is 4.09. The Morgan fingerprint density at radius 3 is 2.61 bits per heavy atom. The highest BCUT2D eigenvalue weighted by Crippen LogP contribution is 2.33. The molecule has 18 heavy (non-hydrogen) atoms. The normalized spacial score (nSPS) is 19.3. The molecule has 0 saturated carbocycles. The van der Waals surface area contributed by atoms with Gasteiger partial charge >= 0.3 is 0 Å². The van der Waals surface area contributed by atoms with E-state index in [1.54, 1.807) is 0 Å². The van der Waals surface area contributed by atoms with Gasteiger partial charge in [-0.3, -0.25) is 4.90 Å². The van der Waals surface area contributed by atoms with Crippen molar-refractivity contribution in [2.45, 2.75) is 26.3 Å². The Bertz CT molecular complexity index is 372. The summed E-state index contributed by atoms with van der Waals surface area (Å²) >= 11 is 3.68. The summed E-state index contributed by atoms with van der Waals surface area (Å²) in [4.78, 5) is 2.35. The third-order valence-electron chi connectivity index (χ3n) is 3.66. The molecule has 0 atom stereocenters. The van der Waals surface area contributed by atoms with E-state index in [9.17, 15) is 0 Å². The summed E-state index contributed by atoms with van der Waals surface area (Å²) in [5.74, 6) is 2.03. The second-order valence-electron chi connectivity index (χ2n) is 5.43. The Morgan fingerprint density at radius 1 is 1.33 bits per heavy atom. The topological polar surface area (TPSA) is 25.6 Å². The first-order valence-corrected chi connectivity index (χ1v) is 7.63. The van der Waals surface area contributed by atoms with Gasteiger partial charge in [-0.15, -0.1) is 0 Å². The number of aryl methyl sites for hydroxylation is 1. The van der Waals surface area contributed by atoms with Gasteiger partial charge < -0.3 is 9.15 Å². The molecule has 4 heteroatoms. The maximum absolute atomic E-state index is 5.63. The molecule has 1 aliphatic heterocycles. The SMILES string of the molecule is Cc1ccc(CN(C)CC2(CBr)CCOCC2)o1. The largest absolute Gasteiger partial charge is 0.465 e. The molecule has 2 heterocycles. The number of nitrogens with zero attached hydrogens (tertiary/aromatic N) is 1. The van der Waals surface area contributed by atoms with Crippen LogP contribution in [0, 0.1) is 12.3 Å². The molecule has 0 bridgehead atoms. The van der Waals surface area contributed by atoms with Crippen LogP contribution in [-0.2, 0) is 11.3 Å². The van der Waals surface area contributed by atoms with Crippen LogP contribution in [-0.4, -0.2) is 37.0 Å². The highest BCUT2D eigenvalue weighted by Gasteiger charge is 2.32. The Balaban J connectivity index is 1.90. The van der Waals surface area contributed by atoms with Gasteiger partial charge in [0.15, 0.2) is 0 Å². The lowest BCUT2D eigenvalue weighted by atomic mass is 9.82. The smallest absolute Gasteiger partial charge is 0.118 e. The van der Waals surface area contributed by atoms with Crippen LogP contribution in [0.15, 0.2) is 16.5 Å². The van der Waals surface area contributed by atoms with Gasteiger partial charge in [-0.2, -0.15) is 0 Å². The Kier molecular flexibility index (Phi) is 4.87. The van der Waals surface area contributed by atoms with Gasteiger partial charge in [0.2, 0.25) is 0 Å². The van der Waals surface area contributed by atoms with Crippen LogP contribution in [0.2, 0.25) is 0 Å². The van der Waals surface area contributed by atoms with Crippen molar-refractivity contribution < 1.29 is 9.15 Å². The molecule has 0 aromatic carbocycles. The number of hydrogen-bond acceptors (Lipinski definition) is 3. The third-order valence-corrected chi connectivity index (χ3v) is 4.85. The lowest BCUT2D eigenvalue weighted by Gasteiger charge is -2.38. The molecule has 0 radical (unpaired) electrons. The fourth-order valence-electron chi connectivity index (χ4n) is 2.60. The molecular weight excluding hydrogens is 294 g/mol. The molecule has 2 rings (SSSR count). The standard InChI is InChI=1S/C14H22BrNO2/c1-12-3-4-13(18-12)9-16(2)11-14(10-15)5-7-17-8-6-14/h3-4H,5-11H2,1-2H3. The molecule has 0 N–H and O–H groups in total. The van der Waals surface area contributed by atoms with Gasteiger partial charge in [0, 0.05) is 25.1 Å². The van der Waals surface area contributed by atoms with Crippen LogP contribution >= 0.6 is 15.9 Å². The summed E-state index contributed by atoms with van der Waals surface area (Å²) in [5.41, 5.74) is 0.356. The predicted molar refractivity (Wildman–Crippen MR) is 76.1 cm³/mol. The van der Waals surface area contributed by atoms with Crippen LogP contribution < -0.4 is 0 Å². The van der Waals surface area contributed by atoms with Gasteiger partial charge in [0.25, 0.3) is 0 Å². The third kappa shape index (κ3) is 3.59. The minimum atomic E-state index is 0.356. The number of halogens is 1. The van der Waals surface area contributed by atoms with Crippen molar-refractivity contribution in [3.05, 3.63) is 23.7 Å². The summed E-state index contributed by atoms with van der Waals surface area (Å²) < 4.78 is 11.1. The van der Waals surface area contributed by atoms with Crippen molar-refractivity contribution in [2.24, 2.45) is 5.41 Å². The van der Waals surface area contributed by atoms with Crippen molar-refractivity contribution in [1.29, 1.82) is 0 Å². The predicted octanol–water partition coefficient (Wildman–Crippen LogP) is 3.21. The van der Waals surface area contributed by atoms with E-state index in [-0.39, 0.29) is 0 Å². The first-order chi connectivity index (χ1) is 8.63. The van der Waals surface area contributed by atoms with Gasteiger partial charge in [0.05, 0.1) is 6.54 Å². The Hall–Kier alpha value is -0.320. The fourth-order valence-corrected chi connectivity index (χ4v) is 3.34. The Labute approximate surface area is 118 Å². The molecule has 1 aromatic rings. The van der Waals surface area contributed by atoms with Crippen molar-refractivity contribution in [1.82, 2.24) is 4.90 Å². The monoisotopic (exact) mass is 315 g/mol. The average molecular weight is 316 g/mol. The summed E-state index contributed by atoms with van der Waals surface area (Å²) in [6.45, 7) is 5.73. The minimum absolute atomic E-state index is 0.356. The van der Waals surface area contributed by atoms with Gasteiger partial charge in [-0.05, 0) is 44.4 Å². The highest BCUT2D eigenvalue weighted by molar-refractivity contribution is 9.09. The highest BCUT2D eigenvalue weighted by atomic mass is 79.9. The maximum atomic E-state index is 5.63. The molecule has 1 saturated heterocycles. The molecule has 0 aliphatic carbocycles. The van der Waals surface area contributed by atoms with Gasteiger partial charge in [0.1, 0.15) is 11.5 Å². The second-order valence-corrected chi connectivity index (χ2v) is 5.99. The molecule has 0 spiro atoms. The molecule has 0 amide bonds. The van der Waals surface area contributed by atoms with Crippen molar-refractivity contribution >= 4 is 15.9 Å². The van der Waals surface area contributed by atoms with E-state index in [0.717, 1.165) is 56.0 Å². The number of alkyl halides is 1. The molecule has 1 fully saturated rings. The van der Waals surface area contributed by atoms with E-state index in [2.05, 4.69) is 33.9 Å². The fraction of sp³-hybridized carbons (Fsp3) is 0.714. The van der Waals surface area contributed by atoms with E-state index < -0.39 is 0 Å². The van der Waals surface area contributed by atoms with Crippen LogP contribution in [0.5, 0.6) is 0 Å². The summed E-state index contributed by atoms with van der Waals surface area (Å²) in [7, 11) is 2.16. The summed E-state index contributed by atoms with van der Waals surface area (Å²) in [5, 5.41) is 1.05. The Morgan fingerprint density at radius 2 is 2.06 bits per heavy atom. The zero-order chi connectivity index (χ0) is 13.0. The van der Waals surface area contributed by atoms with E-state index in [1.165, 1.54) is 0 Å². The van der Waals surface area contributed by atoms with Crippen LogP contribution in [0.3, 0.4) is 0 Å². The van der Waals surface area contributed by atoms with Gasteiger partial charge in [-0.1, -0.05) is 15.9 Å². The number of ether oxygens (including phenoxy) is 1. The second kappa shape index (κ2) is 6.22. The van der Waals surface area contributed by atoms with Crippen LogP contribution in [0.1, 0.15) is 24.4 Å². The minimum Gasteiger partial charge on any atom is -0.465 e. The molecule has 1 aromatic heterocycles. The molecule has 3 nitrogen and oxygen atoms in total. The first kappa shape index (κ1) is 14.1. The number of hydrogen-bond donors (Lipinski definition) is 0. The van der Waals surface area contributed by atoms with Crippen LogP contribution in [0.4, 0.5) is 0 Å². The van der Waals surface area contributed by atoms with Crippen molar-refractivity contribution in [3.63, 3.8) is 0 Å². The maximum Gasteiger partial charge on any atom is 0.118 e. The van der Waals surface area contributed by atoms with E-state index in [4.69, 9.17) is 9.15 Å². The lowest BCUT2D eigenvalue weighted by Crippen LogP contribution is -2.41. The molecule has 1 aliphatic rings. The van der Waals surface area contributed by atoms with Crippen molar-refractivity contribution in [2.75, 3.05) is 32.1 Å². The molecular formula is C14H22BrNO2. The first-order valence-electron chi connectivity index (χ1n) is 6.51. The van der Waals surface area contributed by atoms with E-state index in [0.29, 0.717) is 5.41 Å². The van der Waals surface area contributed by atoms with Gasteiger partial charge in [-0.25, -0.2) is 0 Å². The number of rotatable bonds is 5. The quantitative estimate of drug-likeness (QED) is 0.780. The number of furan rings is 1. The zero-order valence-corrected chi connectivity index (χ0v) is 12.8. The molecule has 102 valence electrons. The average Bonchev–Trinajstić information content (AvgIpc) is 2.75. The zero-order valence-electron chi connectivity index (χ0n) is 11.2. The van der Waals surface area contributed by atoms with Crippen molar-refractivity contribution in [3.8, 4) is 0 Å². The van der Waals surface area contributed by atoms with Crippen LogP contribution in [0.25, 0.3) is 0 Å².